The monoisotopic (exact) mass is 390 g/mol. The van der Waals surface area contributed by atoms with Crippen molar-refractivity contribution in [3.63, 3.8) is 0 Å². The van der Waals surface area contributed by atoms with E-state index in [0.29, 0.717) is 0 Å². The van der Waals surface area contributed by atoms with Gasteiger partial charge in [-0.05, 0) is 47.3 Å². The lowest BCUT2D eigenvalue weighted by Gasteiger charge is -2.27. The second kappa shape index (κ2) is 6.79. The summed E-state index contributed by atoms with van der Waals surface area (Å²) in [5.74, 6) is 0.860. The normalized spacial score (nSPS) is 18.6. The lowest BCUT2D eigenvalue weighted by Crippen LogP contribution is -2.31. The van der Waals surface area contributed by atoms with Crippen LogP contribution in [-0.4, -0.2) is 33.7 Å². The van der Waals surface area contributed by atoms with Gasteiger partial charge >= 0.3 is 0 Å². The molecule has 4 rings (SSSR count). The maximum absolute atomic E-state index is 4.81. The Hall–Kier alpha value is -1.11. The molecule has 0 saturated carbocycles. The quantitative estimate of drug-likeness (QED) is 0.799. The molecule has 0 atom stereocenters. The van der Waals surface area contributed by atoms with Gasteiger partial charge in [-0.15, -0.1) is 11.3 Å². The van der Waals surface area contributed by atoms with Gasteiger partial charge in [0.15, 0.2) is 5.82 Å². The van der Waals surface area contributed by atoms with Crippen molar-refractivity contribution in [3.05, 3.63) is 44.1 Å². The minimum atomic E-state index is 0.860. The van der Waals surface area contributed by atoms with Gasteiger partial charge in [0.1, 0.15) is 0 Å². The smallest absolute Gasteiger partial charge is 0.173 e. The predicted octanol–water partition coefficient (Wildman–Crippen LogP) is 3.83. The van der Waals surface area contributed by atoms with Gasteiger partial charge in [0, 0.05) is 49.2 Å². The van der Waals surface area contributed by atoms with Crippen molar-refractivity contribution in [2.75, 3.05) is 13.1 Å². The number of nitrogens with zero attached hydrogens (tertiary/aromatic N) is 4. The van der Waals surface area contributed by atoms with E-state index in [1.54, 1.807) is 0 Å². The fraction of sp³-hybridized carbons (Fsp3) is 0.471. The van der Waals surface area contributed by atoms with Crippen LogP contribution in [0.4, 0.5) is 0 Å². The van der Waals surface area contributed by atoms with E-state index in [9.17, 15) is 0 Å². The molecule has 0 unspecified atom stereocenters. The summed E-state index contributed by atoms with van der Waals surface area (Å²) in [6.07, 6.45) is 6.46. The first-order chi connectivity index (χ1) is 11.3. The summed E-state index contributed by atoms with van der Waals surface area (Å²) in [6.45, 7) is 3.94. The van der Waals surface area contributed by atoms with Gasteiger partial charge in [-0.1, -0.05) is 0 Å². The number of hydrogen-bond acceptors (Lipinski definition) is 5. The first-order valence-electron chi connectivity index (χ1n) is 8.13. The summed E-state index contributed by atoms with van der Waals surface area (Å²) in [5, 5.41) is 0. The van der Waals surface area contributed by atoms with Gasteiger partial charge < -0.3 is 0 Å². The lowest BCUT2D eigenvalue weighted by atomic mass is 10.1. The van der Waals surface area contributed by atoms with E-state index in [2.05, 4.69) is 42.9 Å². The van der Waals surface area contributed by atoms with Crippen LogP contribution < -0.4 is 0 Å². The van der Waals surface area contributed by atoms with Gasteiger partial charge in [0.25, 0.3) is 0 Å². The minimum absolute atomic E-state index is 0.860. The van der Waals surface area contributed by atoms with Crippen LogP contribution in [0.15, 0.2) is 27.1 Å². The number of rotatable bonds is 3. The molecule has 0 aliphatic carbocycles. The zero-order valence-corrected chi connectivity index (χ0v) is 15.4. The Bertz CT molecular complexity index is 740. The predicted molar refractivity (Wildman–Crippen MR) is 97.1 cm³/mol. The molecule has 0 bridgehead atoms. The molecule has 0 N–H and O–H groups in total. The highest BCUT2D eigenvalue weighted by Gasteiger charge is 2.20. The Morgan fingerprint density at radius 2 is 2.17 bits per heavy atom. The highest BCUT2D eigenvalue weighted by atomic mass is 79.9. The molecule has 120 valence electrons. The van der Waals surface area contributed by atoms with Crippen molar-refractivity contribution < 1.29 is 0 Å². The van der Waals surface area contributed by atoms with Gasteiger partial charge in [-0.2, -0.15) is 0 Å². The Morgan fingerprint density at radius 1 is 1.22 bits per heavy atom. The average Bonchev–Trinajstić information content (AvgIpc) is 3.00. The Kier molecular flexibility index (Phi) is 4.55. The van der Waals surface area contributed by atoms with Gasteiger partial charge in [-0.3, -0.25) is 9.89 Å². The van der Waals surface area contributed by atoms with Gasteiger partial charge in [0.2, 0.25) is 0 Å². The van der Waals surface area contributed by atoms with Crippen molar-refractivity contribution in [1.29, 1.82) is 0 Å². The molecule has 6 heteroatoms. The molecule has 0 spiro atoms. The maximum Gasteiger partial charge on any atom is 0.173 e. The molecule has 4 nitrogen and oxygen atoms in total. The highest BCUT2D eigenvalue weighted by molar-refractivity contribution is 9.11. The van der Waals surface area contributed by atoms with Crippen molar-refractivity contribution in [1.82, 2.24) is 14.9 Å². The zero-order valence-electron chi connectivity index (χ0n) is 13.0. The molecule has 0 aromatic carbocycles. The first kappa shape index (κ1) is 15.4. The Balaban J connectivity index is 1.48. The van der Waals surface area contributed by atoms with Crippen molar-refractivity contribution in [2.24, 2.45) is 4.99 Å². The first-order valence-corrected chi connectivity index (χ1v) is 9.74. The lowest BCUT2D eigenvalue weighted by molar-refractivity contribution is 0.245. The van der Waals surface area contributed by atoms with E-state index in [-0.39, 0.29) is 0 Å². The average molecular weight is 391 g/mol. The molecule has 23 heavy (non-hydrogen) atoms. The number of thiophene rings is 1. The number of fused-ring (bicyclic) bond motifs is 1. The summed E-state index contributed by atoms with van der Waals surface area (Å²) in [6, 6.07) is 4.32. The molecule has 0 amide bonds. The van der Waals surface area contributed by atoms with Crippen LogP contribution in [0, 0.1) is 0 Å². The third kappa shape index (κ3) is 3.54. The van der Waals surface area contributed by atoms with Crippen molar-refractivity contribution >= 4 is 33.0 Å². The van der Waals surface area contributed by atoms with Crippen LogP contribution in [0.3, 0.4) is 0 Å². The fourth-order valence-corrected chi connectivity index (χ4v) is 4.71. The largest absolute Gasteiger partial charge is 0.293 e. The van der Waals surface area contributed by atoms with Gasteiger partial charge in [-0.25, -0.2) is 9.97 Å². The molecular formula is C17H19BrN4S. The van der Waals surface area contributed by atoms with Crippen LogP contribution in [-0.2, 0) is 19.5 Å². The molecule has 0 fully saturated rings. The number of aliphatic imine (C=N–C) groups is 1. The van der Waals surface area contributed by atoms with Crippen molar-refractivity contribution in [3.8, 4) is 0 Å². The summed E-state index contributed by atoms with van der Waals surface area (Å²) < 4.78 is 1.20. The highest BCUT2D eigenvalue weighted by Crippen LogP contribution is 2.25. The van der Waals surface area contributed by atoms with Crippen LogP contribution in [0.1, 0.15) is 41.2 Å². The van der Waals surface area contributed by atoms with Crippen LogP contribution in [0.2, 0.25) is 0 Å². The van der Waals surface area contributed by atoms with E-state index in [1.807, 2.05) is 17.5 Å². The van der Waals surface area contributed by atoms with E-state index >= 15 is 0 Å². The molecule has 2 aromatic heterocycles. The van der Waals surface area contributed by atoms with E-state index in [0.717, 1.165) is 50.6 Å². The molecule has 2 aliphatic heterocycles. The van der Waals surface area contributed by atoms with E-state index in [1.165, 1.54) is 32.8 Å². The second-order valence-electron chi connectivity index (χ2n) is 6.12. The van der Waals surface area contributed by atoms with E-state index in [4.69, 9.17) is 4.98 Å². The standard InChI is InChI=1S/C17H19BrN4S/c18-16-5-4-13(23-16)11-22-8-6-14-12(10-22)9-20-17(21-14)15-3-1-2-7-19-15/h4-5,9H,1-3,6-8,10-11H2. The minimum Gasteiger partial charge on any atom is -0.293 e. The molecule has 2 aliphatic rings. The SMILES string of the molecule is Brc1ccc(CN2CCc3nc(C4=NCCCC4)ncc3C2)s1. The zero-order chi connectivity index (χ0) is 15.6. The van der Waals surface area contributed by atoms with Crippen LogP contribution >= 0.6 is 27.3 Å². The molecule has 4 heterocycles. The molecule has 0 radical (unpaired) electrons. The summed E-state index contributed by atoms with van der Waals surface area (Å²) >= 11 is 5.35. The summed E-state index contributed by atoms with van der Waals surface area (Å²) in [7, 11) is 0. The Labute approximate surface area is 148 Å². The molecule has 2 aromatic rings. The number of halogens is 1. The number of aromatic nitrogens is 2. The van der Waals surface area contributed by atoms with Crippen LogP contribution in [0.5, 0.6) is 0 Å². The maximum atomic E-state index is 4.81. The molecular weight excluding hydrogens is 372 g/mol. The third-order valence-electron chi connectivity index (χ3n) is 4.40. The second-order valence-corrected chi connectivity index (χ2v) is 8.67. The van der Waals surface area contributed by atoms with Crippen LogP contribution in [0.25, 0.3) is 0 Å². The molecule has 0 saturated heterocycles. The third-order valence-corrected chi connectivity index (χ3v) is 6.01. The van der Waals surface area contributed by atoms with Crippen molar-refractivity contribution in [2.45, 2.75) is 38.8 Å². The topological polar surface area (TPSA) is 41.4 Å². The summed E-state index contributed by atoms with van der Waals surface area (Å²) in [4.78, 5) is 17.9. The van der Waals surface area contributed by atoms with Gasteiger partial charge in [0.05, 0.1) is 15.2 Å². The Morgan fingerprint density at radius 3 is 2.96 bits per heavy atom. The number of hydrogen-bond donors (Lipinski definition) is 0. The van der Waals surface area contributed by atoms with E-state index < -0.39 is 0 Å². The fourth-order valence-electron chi connectivity index (χ4n) is 3.19. The summed E-state index contributed by atoms with van der Waals surface area (Å²) in [5.41, 5.74) is 3.59.